The van der Waals surface area contributed by atoms with E-state index in [1.807, 2.05) is 6.07 Å². The molecule has 0 saturated carbocycles. The van der Waals surface area contributed by atoms with Crippen LogP contribution in [0.15, 0.2) is 70.7 Å². The van der Waals surface area contributed by atoms with Gasteiger partial charge in [0.05, 0.1) is 17.8 Å². The second-order valence-electron chi connectivity index (χ2n) is 7.51. The van der Waals surface area contributed by atoms with E-state index in [-0.39, 0.29) is 28.7 Å². The molecule has 0 spiro atoms. The number of fused-ring (bicyclic) bond motifs is 3. The van der Waals surface area contributed by atoms with Crippen LogP contribution in [0.2, 0.25) is 0 Å². The standard InChI is InChI=1S/C24H15F3N4O2S2/c25-14-5-3-13(4-6-14)11-31-23(33)21-20(16-2-1-9-28-22(16)35-21)30-24(31)34-12-19(32)29-15-7-8-17(26)18(27)10-15/h1-10H,11-12H2,(H,29,32). The van der Waals surface area contributed by atoms with Gasteiger partial charge in [-0.3, -0.25) is 14.2 Å². The molecule has 3 heterocycles. The Morgan fingerprint density at radius 1 is 1.06 bits per heavy atom. The molecule has 3 aromatic heterocycles. The highest BCUT2D eigenvalue weighted by Crippen LogP contribution is 2.30. The molecule has 0 fully saturated rings. The summed E-state index contributed by atoms with van der Waals surface area (Å²) in [7, 11) is 0. The lowest BCUT2D eigenvalue weighted by molar-refractivity contribution is -0.113. The fourth-order valence-corrected chi connectivity index (χ4v) is 5.29. The first-order valence-electron chi connectivity index (χ1n) is 10.3. The quantitative estimate of drug-likeness (QED) is 0.250. The Balaban J connectivity index is 1.49. The van der Waals surface area contributed by atoms with Gasteiger partial charge in [-0.1, -0.05) is 23.9 Å². The van der Waals surface area contributed by atoms with Gasteiger partial charge in [-0.05, 0) is 42.0 Å². The molecular weight excluding hydrogens is 497 g/mol. The maximum atomic E-state index is 13.4. The second kappa shape index (κ2) is 9.51. The highest BCUT2D eigenvalue weighted by molar-refractivity contribution is 7.99. The zero-order valence-corrected chi connectivity index (χ0v) is 19.4. The zero-order valence-electron chi connectivity index (χ0n) is 17.8. The summed E-state index contributed by atoms with van der Waals surface area (Å²) in [5.74, 6) is -3.11. The van der Waals surface area contributed by atoms with Crippen molar-refractivity contribution in [3.8, 4) is 0 Å². The minimum absolute atomic E-state index is 0.108. The molecule has 1 amide bonds. The summed E-state index contributed by atoms with van der Waals surface area (Å²) >= 11 is 2.26. The van der Waals surface area contributed by atoms with Crippen molar-refractivity contribution in [2.75, 3.05) is 11.1 Å². The minimum Gasteiger partial charge on any atom is -0.325 e. The summed E-state index contributed by atoms with van der Waals surface area (Å²) in [6.07, 6.45) is 1.63. The van der Waals surface area contributed by atoms with Crippen LogP contribution in [-0.4, -0.2) is 26.2 Å². The molecule has 0 aliphatic carbocycles. The highest BCUT2D eigenvalue weighted by atomic mass is 32.2. The van der Waals surface area contributed by atoms with E-state index in [0.717, 1.165) is 29.3 Å². The van der Waals surface area contributed by atoms with E-state index in [1.54, 1.807) is 24.4 Å². The summed E-state index contributed by atoms with van der Waals surface area (Å²) in [6, 6.07) is 12.4. The average molecular weight is 513 g/mol. The Hall–Kier alpha value is -3.70. The Labute approximate surface area is 204 Å². The number of benzene rings is 2. The van der Waals surface area contributed by atoms with Crippen molar-refractivity contribution in [3.63, 3.8) is 0 Å². The van der Waals surface area contributed by atoms with E-state index < -0.39 is 23.4 Å². The molecule has 1 N–H and O–H groups in total. The smallest absolute Gasteiger partial charge is 0.272 e. The highest BCUT2D eigenvalue weighted by Gasteiger charge is 2.18. The fourth-order valence-electron chi connectivity index (χ4n) is 3.46. The number of amides is 1. The molecule has 0 unspecified atom stereocenters. The number of pyridine rings is 1. The fraction of sp³-hybridized carbons (Fsp3) is 0.0833. The molecule has 0 bridgehead atoms. The third-order valence-corrected chi connectivity index (χ3v) is 7.17. The van der Waals surface area contributed by atoms with Gasteiger partial charge in [0, 0.05) is 23.3 Å². The zero-order chi connectivity index (χ0) is 24.5. The number of halogens is 3. The maximum Gasteiger partial charge on any atom is 0.272 e. The molecule has 2 aromatic carbocycles. The predicted molar refractivity (Wildman–Crippen MR) is 130 cm³/mol. The number of rotatable bonds is 6. The second-order valence-corrected chi connectivity index (χ2v) is 9.46. The number of carbonyl (C=O) groups is 1. The molecular formula is C24H15F3N4O2S2. The van der Waals surface area contributed by atoms with Crippen molar-refractivity contribution in [3.05, 3.63) is 94.2 Å². The Bertz CT molecular complexity index is 1630. The van der Waals surface area contributed by atoms with Crippen molar-refractivity contribution in [2.24, 2.45) is 0 Å². The number of thioether (sulfide) groups is 1. The van der Waals surface area contributed by atoms with E-state index in [4.69, 9.17) is 0 Å². The molecule has 5 aromatic rings. The third kappa shape index (κ3) is 4.77. The normalized spacial score (nSPS) is 11.3. The monoisotopic (exact) mass is 512 g/mol. The van der Waals surface area contributed by atoms with Crippen LogP contribution < -0.4 is 10.9 Å². The van der Waals surface area contributed by atoms with Crippen molar-refractivity contribution < 1.29 is 18.0 Å². The van der Waals surface area contributed by atoms with Gasteiger partial charge in [0.15, 0.2) is 16.8 Å². The van der Waals surface area contributed by atoms with Crippen LogP contribution in [0.1, 0.15) is 5.56 Å². The lowest BCUT2D eigenvalue weighted by atomic mass is 10.2. The Kier molecular flexibility index (Phi) is 6.27. The van der Waals surface area contributed by atoms with Gasteiger partial charge < -0.3 is 5.32 Å². The van der Waals surface area contributed by atoms with Crippen LogP contribution in [0, 0.1) is 17.5 Å². The third-order valence-electron chi connectivity index (χ3n) is 5.11. The van der Waals surface area contributed by atoms with E-state index in [0.29, 0.717) is 20.6 Å². The predicted octanol–water partition coefficient (Wildman–Crippen LogP) is 5.20. The van der Waals surface area contributed by atoms with Gasteiger partial charge in [-0.2, -0.15) is 0 Å². The van der Waals surface area contributed by atoms with E-state index in [1.165, 1.54) is 34.1 Å². The molecule has 11 heteroatoms. The number of nitrogens with zero attached hydrogens (tertiary/aromatic N) is 3. The number of anilines is 1. The summed E-state index contributed by atoms with van der Waals surface area (Å²) < 4.78 is 41.8. The SMILES string of the molecule is O=C(CSc1nc2c(sc3ncccc32)c(=O)n1Cc1ccc(F)cc1)Nc1ccc(F)c(F)c1. The molecule has 0 aliphatic rings. The van der Waals surface area contributed by atoms with Crippen LogP contribution in [0.5, 0.6) is 0 Å². The molecule has 5 rings (SSSR count). The minimum atomic E-state index is -1.08. The molecule has 6 nitrogen and oxygen atoms in total. The van der Waals surface area contributed by atoms with Crippen LogP contribution in [0.25, 0.3) is 20.4 Å². The van der Waals surface area contributed by atoms with Crippen LogP contribution in [0.4, 0.5) is 18.9 Å². The van der Waals surface area contributed by atoms with Gasteiger partial charge in [0.1, 0.15) is 15.3 Å². The molecule has 0 aliphatic heterocycles. The molecule has 0 atom stereocenters. The van der Waals surface area contributed by atoms with Gasteiger partial charge in [0.2, 0.25) is 5.91 Å². The first-order valence-corrected chi connectivity index (χ1v) is 12.1. The number of thiophene rings is 1. The van der Waals surface area contributed by atoms with Crippen LogP contribution in [-0.2, 0) is 11.3 Å². The van der Waals surface area contributed by atoms with Crippen molar-refractivity contribution in [2.45, 2.75) is 11.7 Å². The molecule has 35 heavy (non-hydrogen) atoms. The van der Waals surface area contributed by atoms with Gasteiger partial charge in [-0.25, -0.2) is 23.1 Å². The molecule has 0 saturated heterocycles. The average Bonchev–Trinajstić information content (AvgIpc) is 3.22. The van der Waals surface area contributed by atoms with Gasteiger partial charge in [-0.15, -0.1) is 11.3 Å². The van der Waals surface area contributed by atoms with Crippen molar-refractivity contribution in [1.29, 1.82) is 0 Å². The number of carbonyl (C=O) groups excluding carboxylic acids is 1. The number of nitrogens with one attached hydrogen (secondary N) is 1. The van der Waals surface area contributed by atoms with Crippen LogP contribution >= 0.6 is 23.1 Å². The van der Waals surface area contributed by atoms with Gasteiger partial charge >= 0.3 is 0 Å². The maximum absolute atomic E-state index is 13.4. The summed E-state index contributed by atoms with van der Waals surface area (Å²) in [5, 5.41) is 3.52. The van der Waals surface area contributed by atoms with E-state index >= 15 is 0 Å². The summed E-state index contributed by atoms with van der Waals surface area (Å²) in [4.78, 5) is 35.6. The van der Waals surface area contributed by atoms with Crippen molar-refractivity contribution in [1.82, 2.24) is 14.5 Å². The first-order chi connectivity index (χ1) is 16.9. The molecule has 0 radical (unpaired) electrons. The van der Waals surface area contributed by atoms with E-state index in [9.17, 15) is 22.8 Å². The lowest BCUT2D eigenvalue weighted by Crippen LogP contribution is -2.24. The molecule has 176 valence electrons. The van der Waals surface area contributed by atoms with Crippen LogP contribution in [0.3, 0.4) is 0 Å². The number of hydrogen-bond acceptors (Lipinski definition) is 6. The van der Waals surface area contributed by atoms with E-state index in [2.05, 4.69) is 15.3 Å². The van der Waals surface area contributed by atoms with Gasteiger partial charge in [0.25, 0.3) is 5.56 Å². The topological polar surface area (TPSA) is 76.9 Å². The summed E-state index contributed by atoms with van der Waals surface area (Å²) in [6.45, 7) is 0.122. The van der Waals surface area contributed by atoms with Crippen molar-refractivity contribution >= 4 is 55.1 Å². The Morgan fingerprint density at radius 2 is 1.86 bits per heavy atom. The largest absolute Gasteiger partial charge is 0.325 e. The number of aromatic nitrogens is 3. The Morgan fingerprint density at radius 3 is 2.63 bits per heavy atom. The number of hydrogen-bond donors (Lipinski definition) is 1. The lowest BCUT2D eigenvalue weighted by Gasteiger charge is -2.12. The summed E-state index contributed by atoms with van der Waals surface area (Å²) in [5.41, 5.74) is 0.978. The first kappa shape index (κ1) is 23.1.